The maximum Gasteiger partial charge on any atom is 0.306 e. The molecule has 3 N–H and O–H groups in total. The van der Waals surface area contributed by atoms with Crippen LogP contribution in [-0.4, -0.2) is 48.4 Å². The number of carbonyl (C=O) groups is 3. The Labute approximate surface area is 179 Å². The quantitative estimate of drug-likeness (QED) is 0.358. The minimum absolute atomic E-state index is 0.0786. The summed E-state index contributed by atoms with van der Waals surface area (Å²) in [6, 6.07) is 9.31. The van der Waals surface area contributed by atoms with Crippen molar-refractivity contribution in [2.24, 2.45) is 5.73 Å². The number of rotatable bonds is 14. The predicted molar refractivity (Wildman–Crippen MR) is 115 cm³/mol. The van der Waals surface area contributed by atoms with E-state index in [0.29, 0.717) is 26.0 Å². The third-order valence-corrected chi connectivity index (χ3v) is 5.34. The number of primary amides is 1. The van der Waals surface area contributed by atoms with Crippen LogP contribution in [0.4, 0.5) is 0 Å². The van der Waals surface area contributed by atoms with Crippen molar-refractivity contribution in [1.82, 2.24) is 10.2 Å². The van der Waals surface area contributed by atoms with E-state index >= 15 is 0 Å². The van der Waals surface area contributed by atoms with E-state index in [0.717, 1.165) is 57.2 Å². The van der Waals surface area contributed by atoms with Crippen molar-refractivity contribution in [2.75, 3.05) is 19.6 Å². The fraction of sp³-hybridized carbons (Fsp3) is 0.609. The molecule has 0 saturated carbocycles. The molecule has 0 aromatic heterocycles. The predicted octanol–water partition coefficient (Wildman–Crippen LogP) is 2.53. The third kappa shape index (κ3) is 9.39. The molecule has 7 heteroatoms. The largest absolute Gasteiger partial charge is 0.461 e. The number of carbonyl (C=O) groups excluding carboxylic acids is 3. The van der Waals surface area contributed by atoms with E-state index in [9.17, 15) is 14.4 Å². The first-order valence-electron chi connectivity index (χ1n) is 11.1. The minimum Gasteiger partial charge on any atom is -0.461 e. The Bertz CT molecular complexity index is 660. The fourth-order valence-electron chi connectivity index (χ4n) is 3.59. The van der Waals surface area contributed by atoms with Crippen LogP contribution in [-0.2, 0) is 25.7 Å². The summed E-state index contributed by atoms with van der Waals surface area (Å²) in [6.07, 6.45) is 6.79. The van der Waals surface area contributed by atoms with Gasteiger partial charge in [-0.1, -0.05) is 43.2 Å². The summed E-state index contributed by atoms with van der Waals surface area (Å²) in [6.45, 7) is 2.63. The van der Waals surface area contributed by atoms with Crippen LogP contribution < -0.4 is 11.1 Å². The summed E-state index contributed by atoms with van der Waals surface area (Å²) in [7, 11) is 0. The monoisotopic (exact) mass is 417 g/mol. The Balaban J connectivity index is 1.55. The zero-order chi connectivity index (χ0) is 21.6. The van der Waals surface area contributed by atoms with Crippen LogP contribution in [0.25, 0.3) is 0 Å². The van der Waals surface area contributed by atoms with Crippen LogP contribution in [0.15, 0.2) is 30.3 Å². The van der Waals surface area contributed by atoms with Crippen molar-refractivity contribution in [3.05, 3.63) is 35.9 Å². The smallest absolute Gasteiger partial charge is 0.306 e. The highest BCUT2D eigenvalue weighted by atomic mass is 16.5. The van der Waals surface area contributed by atoms with E-state index in [-0.39, 0.29) is 30.2 Å². The number of ether oxygens (including phenoxy) is 1. The molecule has 1 aromatic rings. The van der Waals surface area contributed by atoms with Crippen LogP contribution >= 0.6 is 0 Å². The fourth-order valence-corrected chi connectivity index (χ4v) is 3.59. The zero-order valence-electron chi connectivity index (χ0n) is 17.8. The normalized spacial score (nSPS) is 14.5. The second-order valence-electron chi connectivity index (χ2n) is 7.85. The average molecular weight is 418 g/mol. The van der Waals surface area contributed by atoms with Crippen molar-refractivity contribution in [3.63, 3.8) is 0 Å². The van der Waals surface area contributed by atoms with Gasteiger partial charge in [-0.05, 0) is 44.2 Å². The molecule has 1 fully saturated rings. The summed E-state index contributed by atoms with van der Waals surface area (Å²) in [5, 5.41) is 3.30. The first-order valence-corrected chi connectivity index (χ1v) is 11.1. The third-order valence-electron chi connectivity index (χ3n) is 5.34. The van der Waals surface area contributed by atoms with Gasteiger partial charge in [0.25, 0.3) is 0 Å². The molecule has 0 aliphatic carbocycles. The lowest BCUT2D eigenvalue weighted by Gasteiger charge is -2.24. The number of hydrogen-bond donors (Lipinski definition) is 2. The molecule has 7 nitrogen and oxygen atoms in total. The second kappa shape index (κ2) is 13.7. The van der Waals surface area contributed by atoms with Gasteiger partial charge in [-0.2, -0.15) is 0 Å². The first-order chi connectivity index (χ1) is 14.6. The summed E-state index contributed by atoms with van der Waals surface area (Å²) in [4.78, 5) is 37.4. The molecule has 0 spiro atoms. The lowest BCUT2D eigenvalue weighted by atomic mass is 10.1. The molecule has 1 atom stereocenters. The van der Waals surface area contributed by atoms with Crippen LogP contribution in [0.5, 0.6) is 0 Å². The second-order valence-corrected chi connectivity index (χ2v) is 7.85. The van der Waals surface area contributed by atoms with E-state index in [4.69, 9.17) is 10.5 Å². The van der Waals surface area contributed by atoms with E-state index in [1.54, 1.807) is 0 Å². The maximum atomic E-state index is 12.6. The number of benzene rings is 1. The summed E-state index contributed by atoms with van der Waals surface area (Å²) >= 11 is 0. The van der Waals surface area contributed by atoms with E-state index in [2.05, 4.69) is 5.32 Å². The lowest BCUT2D eigenvalue weighted by molar-refractivity contribution is -0.145. The molecular weight excluding hydrogens is 382 g/mol. The number of likely N-dealkylation sites (tertiary alicyclic amines) is 1. The van der Waals surface area contributed by atoms with Crippen molar-refractivity contribution in [1.29, 1.82) is 0 Å². The Kier molecular flexibility index (Phi) is 10.9. The highest BCUT2D eigenvalue weighted by molar-refractivity contribution is 5.83. The van der Waals surface area contributed by atoms with Gasteiger partial charge in [0.2, 0.25) is 11.8 Å². The van der Waals surface area contributed by atoms with Gasteiger partial charge >= 0.3 is 5.97 Å². The SMILES string of the molecule is NC(=O)CCC(NCCCCCCC(=O)OCc1ccccc1)C(=O)N1CCCC1. The van der Waals surface area contributed by atoms with Gasteiger partial charge in [0.1, 0.15) is 6.61 Å². The molecule has 1 aliphatic heterocycles. The van der Waals surface area contributed by atoms with Crippen molar-refractivity contribution < 1.29 is 19.1 Å². The maximum absolute atomic E-state index is 12.6. The van der Waals surface area contributed by atoms with Crippen LogP contribution in [0.3, 0.4) is 0 Å². The number of nitrogens with one attached hydrogen (secondary N) is 1. The van der Waals surface area contributed by atoms with Gasteiger partial charge in [0.05, 0.1) is 6.04 Å². The molecule has 30 heavy (non-hydrogen) atoms. The van der Waals surface area contributed by atoms with Gasteiger partial charge in [-0.25, -0.2) is 0 Å². The molecule has 1 aromatic carbocycles. The highest BCUT2D eigenvalue weighted by Gasteiger charge is 2.26. The van der Waals surface area contributed by atoms with Crippen LogP contribution in [0.2, 0.25) is 0 Å². The van der Waals surface area contributed by atoms with Crippen LogP contribution in [0.1, 0.15) is 63.4 Å². The van der Waals surface area contributed by atoms with Crippen LogP contribution in [0, 0.1) is 0 Å². The van der Waals surface area contributed by atoms with Gasteiger partial charge in [-0.15, -0.1) is 0 Å². The molecule has 2 rings (SSSR count). The molecule has 0 radical (unpaired) electrons. The molecule has 1 aliphatic rings. The number of nitrogens with two attached hydrogens (primary N) is 1. The van der Waals surface area contributed by atoms with Crippen molar-refractivity contribution in [2.45, 2.75) is 70.4 Å². The molecule has 1 saturated heterocycles. The Morgan fingerprint density at radius 1 is 1.00 bits per heavy atom. The molecule has 166 valence electrons. The Morgan fingerprint density at radius 2 is 1.70 bits per heavy atom. The number of hydrogen-bond acceptors (Lipinski definition) is 5. The highest BCUT2D eigenvalue weighted by Crippen LogP contribution is 2.12. The average Bonchev–Trinajstić information content (AvgIpc) is 3.28. The van der Waals surface area contributed by atoms with E-state index in [1.165, 1.54) is 0 Å². The van der Waals surface area contributed by atoms with E-state index < -0.39 is 0 Å². The standard InChI is InChI=1S/C23H35N3O4/c24-21(27)14-13-20(23(29)26-16-8-9-17-26)25-15-7-2-1-6-12-22(28)30-18-19-10-4-3-5-11-19/h3-5,10-11,20,25H,1-2,6-9,12-18H2,(H2,24,27). The number of nitrogens with zero attached hydrogens (tertiary/aromatic N) is 1. The van der Waals surface area contributed by atoms with Crippen molar-refractivity contribution in [3.8, 4) is 0 Å². The summed E-state index contributed by atoms with van der Waals surface area (Å²) < 4.78 is 5.28. The molecule has 2 amide bonds. The Morgan fingerprint density at radius 3 is 2.40 bits per heavy atom. The molecule has 0 bridgehead atoms. The minimum atomic E-state index is -0.379. The number of esters is 1. The molecule has 1 heterocycles. The summed E-state index contributed by atoms with van der Waals surface area (Å²) in [5.74, 6) is -0.468. The Hall–Kier alpha value is -2.41. The van der Waals surface area contributed by atoms with Crippen molar-refractivity contribution >= 4 is 17.8 Å². The topological polar surface area (TPSA) is 102 Å². The number of amides is 2. The zero-order valence-corrected chi connectivity index (χ0v) is 17.8. The summed E-state index contributed by atoms with van der Waals surface area (Å²) in [5.41, 5.74) is 6.25. The van der Waals surface area contributed by atoms with Gasteiger partial charge in [-0.3, -0.25) is 14.4 Å². The first kappa shape index (κ1) is 23.9. The van der Waals surface area contributed by atoms with Gasteiger partial charge in [0, 0.05) is 25.9 Å². The van der Waals surface area contributed by atoms with Gasteiger partial charge in [0.15, 0.2) is 0 Å². The molecular formula is C23H35N3O4. The number of unbranched alkanes of at least 4 members (excludes halogenated alkanes) is 3. The molecule has 1 unspecified atom stereocenters. The van der Waals surface area contributed by atoms with E-state index in [1.807, 2.05) is 35.2 Å². The van der Waals surface area contributed by atoms with Gasteiger partial charge < -0.3 is 20.7 Å². The lowest BCUT2D eigenvalue weighted by Crippen LogP contribution is -2.46.